The van der Waals surface area contributed by atoms with E-state index in [0.717, 1.165) is 37.7 Å². The summed E-state index contributed by atoms with van der Waals surface area (Å²) in [5.41, 5.74) is 1.76. The van der Waals surface area contributed by atoms with E-state index in [1.54, 1.807) is 37.4 Å². The highest BCUT2D eigenvalue weighted by atomic mass is 32.2. The number of rotatable bonds is 7. The maximum atomic E-state index is 13.1. The summed E-state index contributed by atoms with van der Waals surface area (Å²) in [6, 6.07) is 13.3. The Morgan fingerprint density at radius 1 is 1.03 bits per heavy atom. The number of nitrogens with zero attached hydrogens (tertiary/aromatic N) is 1. The van der Waals surface area contributed by atoms with Crippen LogP contribution in [0.15, 0.2) is 53.4 Å². The van der Waals surface area contributed by atoms with Gasteiger partial charge in [-0.25, -0.2) is 8.42 Å². The number of carbonyl (C=O) groups excluding carboxylic acids is 2. The minimum atomic E-state index is -3.67. The summed E-state index contributed by atoms with van der Waals surface area (Å²) in [4.78, 5) is 24.0. The number of amides is 2. The molecule has 0 aromatic heterocycles. The Labute approximate surface area is 183 Å². The third kappa shape index (κ3) is 5.92. The molecule has 31 heavy (non-hydrogen) atoms. The molecule has 1 fully saturated rings. The first kappa shape index (κ1) is 23.0. The molecule has 3 rings (SSSR count). The zero-order chi connectivity index (χ0) is 22.4. The molecule has 0 aliphatic heterocycles. The number of nitrogens with one attached hydrogen (secondary N) is 2. The quantitative estimate of drug-likeness (QED) is 0.684. The first-order chi connectivity index (χ1) is 14.8. The van der Waals surface area contributed by atoms with Gasteiger partial charge in [-0.05, 0) is 48.7 Å². The van der Waals surface area contributed by atoms with Gasteiger partial charge in [-0.15, -0.1) is 0 Å². The van der Waals surface area contributed by atoms with Gasteiger partial charge in [-0.1, -0.05) is 37.5 Å². The van der Waals surface area contributed by atoms with Crippen molar-refractivity contribution in [3.8, 4) is 0 Å². The van der Waals surface area contributed by atoms with Gasteiger partial charge in [-0.2, -0.15) is 4.31 Å². The predicted molar refractivity (Wildman–Crippen MR) is 120 cm³/mol. The Morgan fingerprint density at radius 3 is 2.45 bits per heavy atom. The minimum Gasteiger partial charge on any atom is -0.348 e. The van der Waals surface area contributed by atoms with Gasteiger partial charge < -0.3 is 10.6 Å². The number of sulfonamides is 1. The Kier molecular flexibility index (Phi) is 7.46. The largest absolute Gasteiger partial charge is 0.348 e. The molecule has 0 heterocycles. The molecule has 0 radical (unpaired) electrons. The summed E-state index contributed by atoms with van der Waals surface area (Å²) in [5.74, 6) is -0.528. The van der Waals surface area contributed by atoms with Crippen molar-refractivity contribution in [2.75, 3.05) is 12.4 Å². The van der Waals surface area contributed by atoms with Crippen LogP contribution >= 0.6 is 0 Å². The molecule has 7 nitrogen and oxygen atoms in total. The average Bonchev–Trinajstić information content (AvgIpc) is 2.77. The third-order valence-corrected chi connectivity index (χ3v) is 7.47. The molecule has 1 aliphatic carbocycles. The smallest absolute Gasteiger partial charge is 0.251 e. The molecule has 0 atom stereocenters. The van der Waals surface area contributed by atoms with Crippen molar-refractivity contribution < 1.29 is 18.0 Å². The molecule has 2 aromatic carbocycles. The van der Waals surface area contributed by atoms with Gasteiger partial charge >= 0.3 is 0 Å². The van der Waals surface area contributed by atoms with Gasteiger partial charge in [0.2, 0.25) is 15.9 Å². The van der Waals surface area contributed by atoms with Gasteiger partial charge in [-0.3, -0.25) is 9.59 Å². The van der Waals surface area contributed by atoms with E-state index in [0.29, 0.717) is 5.69 Å². The molecule has 2 N–H and O–H groups in total. The summed E-state index contributed by atoms with van der Waals surface area (Å²) in [5, 5.41) is 5.51. The molecule has 166 valence electrons. The topological polar surface area (TPSA) is 95.6 Å². The lowest BCUT2D eigenvalue weighted by atomic mass is 9.96. The van der Waals surface area contributed by atoms with Crippen molar-refractivity contribution in [1.82, 2.24) is 9.62 Å². The molecular formula is C23H29N3O4S. The van der Waals surface area contributed by atoms with E-state index in [1.165, 1.54) is 23.4 Å². The summed E-state index contributed by atoms with van der Waals surface area (Å²) in [7, 11) is -2.04. The zero-order valence-corrected chi connectivity index (χ0v) is 18.7. The van der Waals surface area contributed by atoms with Crippen molar-refractivity contribution in [2.45, 2.75) is 56.5 Å². The zero-order valence-electron chi connectivity index (χ0n) is 17.9. The van der Waals surface area contributed by atoms with Crippen molar-refractivity contribution >= 4 is 27.5 Å². The third-order valence-electron chi connectivity index (χ3n) is 5.56. The summed E-state index contributed by atoms with van der Waals surface area (Å²) in [6.07, 6.45) is 4.96. The molecule has 2 aromatic rings. The minimum absolute atomic E-state index is 0.00659. The standard InChI is InChI=1S/C23H29N3O4S/c1-17(27)25-20-10-6-8-18(14-20)16-24-23(28)19-9-7-13-22(15-19)31(29,30)26(2)21-11-4-3-5-12-21/h6-10,13-15,21H,3-5,11-12,16H2,1-2H3,(H,24,28)(H,25,27). The molecule has 0 unspecified atom stereocenters. The van der Waals surface area contributed by atoms with Crippen LogP contribution in [0.4, 0.5) is 5.69 Å². The van der Waals surface area contributed by atoms with Gasteiger partial charge in [0.1, 0.15) is 0 Å². The van der Waals surface area contributed by atoms with Crippen molar-refractivity contribution in [3.05, 3.63) is 59.7 Å². The second-order valence-electron chi connectivity index (χ2n) is 7.91. The molecule has 8 heteroatoms. The van der Waals surface area contributed by atoms with Gasteiger partial charge in [0.05, 0.1) is 4.90 Å². The van der Waals surface area contributed by atoms with Crippen LogP contribution in [-0.2, 0) is 21.4 Å². The van der Waals surface area contributed by atoms with Gasteiger partial charge in [0, 0.05) is 37.8 Å². The second kappa shape index (κ2) is 10.1. The van der Waals surface area contributed by atoms with Crippen LogP contribution in [0.5, 0.6) is 0 Å². The first-order valence-corrected chi connectivity index (χ1v) is 11.9. The highest BCUT2D eigenvalue weighted by molar-refractivity contribution is 7.89. The van der Waals surface area contributed by atoms with Gasteiger partial charge in [0.25, 0.3) is 5.91 Å². The fourth-order valence-electron chi connectivity index (χ4n) is 3.85. The number of hydrogen-bond acceptors (Lipinski definition) is 4. The number of carbonyl (C=O) groups is 2. The molecule has 1 saturated carbocycles. The molecule has 0 spiro atoms. The highest BCUT2D eigenvalue weighted by Crippen LogP contribution is 2.26. The number of hydrogen-bond donors (Lipinski definition) is 2. The first-order valence-electron chi connectivity index (χ1n) is 10.5. The van der Waals surface area contributed by atoms with Crippen molar-refractivity contribution in [3.63, 3.8) is 0 Å². The monoisotopic (exact) mass is 443 g/mol. The normalized spacial score (nSPS) is 14.9. The van der Waals surface area contributed by atoms with Gasteiger partial charge in [0.15, 0.2) is 0 Å². The SMILES string of the molecule is CC(=O)Nc1cccc(CNC(=O)c2cccc(S(=O)(=O)N(C)C3CCCCC3)c2)c1. The van der Waals surface area contributed by atoms with Crippen LogP contribution in [0, 0.1) is 0 Å². The lowest BCUT2D eigenvalue weighted by Crippen LogP contribution is -2.38. The number of benzene rings is 2. The van der Waals surface area contributed by atoms with E-state index in [1.807, 2.05) is 6.07 Å². The second-order valence-corrected chi connectivity index (χ2v) is 9.90. The lowest BCUT2D eigenvalue weighted by molar-refractivity contribution is -0.114. The maximum Gasteiger partial charge on any atom is 0.251 e. The predicted octanol–water partition coefficient (Wildman–Crippen LogP) is 3.53. The number of anilines is 1. The van der Waals surface area contributed by atoms with Crippen LogP contribution in [0.2, 0.25) is 0 Å². The molecule has 0 bridgehead atoms. The van der Waals surface area contributed by atoms with Crippen LogP contribution in [0.25, 0.3) is 0 Å². The average molecular weight is 444 g/mol. The lowest BCUT2D eigenvalue weighted by Gasteiger charge is -2.30. The molecule has 1 aliphatic rings. The Balaban J connectivity index is 1.69. The van der Waals surface area contributed by atoms with Crippen LogP contribution in [-0.4, -0.2) is 37.6 Å². The van der Waals surface area contributed by atoms with E-state index in [4.69, 9.17) is 0 Å². The van der Waals surface area contributed by atoms with Crippen LogP contribution in [0.1, 0.15) is 54.9 Å². The van der Waals surface area contributed by atoms with Crippen LogP contribution in [0.3, 0.4) is 0 Å². The Hall–Kier alpha value is -2.71. The van der Waals surface area contributed by atoms with Crippen LogP contribution < -0.4 is 10.6 Å². The fraction of sp³-hybridized carbons (Fsp3) is 0.391. The molecule has 0 saturated heterocycles. The van der Waals surface area contributed by atoms with E-state index in [2.05, 4.69) is 10.6 Å². The Morgan fingerprint density at radius 2 is 1.74 bits per heavy atom. The van der Waals surface area contributed by atoms with Crippen molar-refractivity contribution in [1.29, 1.82) is 0 Å². The highest BCUT2D eigenvalue weighted by Gasteiger charge is 2.29. The molecule has 2 amide bonds. The summed E-state index contributed by atoms with van der Waals surface area (Å²) in [6.45, 7) is 1.69. The van der Waals surface area contributed by atoms with E-state index < -0.39 is 10.0 Å². The Bertz CT molecular complexity index is 1050. The molecular weight excluding hydrogens is 414 g/mol. The summed E-state index contributed by atoms with van der Waals surface area (Å²) >= 11 is 0. The fourth-order valence-corrected chi connectivity index (χ4v) is 5.31. The van der Waals surface area contributed by atoms with Crippen molar-refractivity contribution in [2.24, 2.45) is 0 Å². The maximum absolute atomic E-state index is 13.1. The summed E-state index contributed by atoms with van der Waals surface area (Å²) < 4.78 is 27.6. The van der Waals surface area contributed by atoms with E-state index >= 15 is 0 Å². The van der Waals surface area contributed by atoms with E-state index in [9.17, 15) is 18.0 Å². The van der Waals surface area contributed by atoms with E-state index in [-0.39, 0.29) is 34.9 Å².